The van der Waals surface area contributed by atoms with Crippen molar-refractivity contribution in [2.45, 2.75) is 12.5 Å². The lowest BCUT2D eigenvalue weighted by molar-refractivity contribution is -0.140. The van der Waals surface area contributed by atoms with E-state index in [9.17, 15) is 14.0 Å². The lowest BCUT2D eigenvalue weighted by Crippen LogP contribution is -2.34. The molecule has 1 amide bonds. The zero-order chi connectivity index (χ0) is 14.7. The molecule has 0 radical (unpaired) electrons. The molecule has 2 atom stereocenters. The number of nitrogens with one attached hydrogen (secondary N) is 1. The number of halogens is 1. The number of methoxy groups -OCH3 is 1. The summed E-state index contributed by atoms with van der Waals surface area (Å²) < 4.78 is 18.7. The number of rotatable bonds is 4. The summed E-state index contributed by atoms with van der Waals surface area (Å²) in [4.78, 5) is 22.9. The number of amides is 1. The topological polar surface area (TPSA) is 75.6 Å². The van der Waals surface area contributed by atoms with Crippen LogP contribution in [-0.2, 0) is 4.79 Å². The molecule has 0 saturated carbocycles. The van der Waals surface area contributed by atoms with Crippen LogP contribution in [0, 0.1) is 11.7 Å². The van der Waals surface area contributed by atoms with Crippen LogP contribution < -0.4 is 10.1 Å². The molecular formula is C14H14FNO4. The Kier molecular flexibility index (Phi) is 4.02. The van der Waals surface area contributed by atoms with Gasteiger partial charge >= 0.3 is 5.97 Å². The fraction of sp³-hybridized carbons (Fsp3) is 0.286. The van der Waals surface area contributed by atoms with Crippen LogP contribution >= 0.6 is 0 Å². The standard InChI is InChI=1S/C14H14FNO4/c1-20-11-4-2-3-10(15)12(11)13(17)16-9-6-5-8(7-9)14(18)19/h2-6,8-9H,7H2,1H3,(H,16,17)(H,18,19). The molecule has 1 aliphatic carbocycles. The average molecular weight is 279 g/mol. The van der Waals surface area contributed by atoms with Gasteiger partial charge in [0.15, 0.2) is 0 Å². The molecule has 2 rings (SSSR count). The first-order chi connectivity index (χ1) is 9.52. The third-order valence-electron chi connectivity index (χ3n) is 3.14. The molecule has 2 N–H and O–H groups in total. The molecule has 0 aromatic heterocycles. The Morgan fingerprint density at radius 1 is 1.40 bits per heavy atom. The van der Waals surface area contributed by atoms with Gasteiger partial charge in [-0.1, -0.05) is 18.2 Å². The van der Waals surface area contributed by atoms with Crippen molar-refractivity contribution in [1.29, 1.82) is 0 Å². The largest absolute Gasteiger partial charge is 0.496 e. The van der Waals surface area contributed by atoms with Crippen molar-refractivity contribution < 1.29 is 23.8 Å². The quantitative estimate of drug-likeness (QED) is 0.821. The molecule has 0 aliphatic heterocycles. The van der Waals surface area contributed by atoms with E-state index in [0.717, 1.165) is 0 Å². The first-order valence-corrected chi connectivity index (χ1v) is 6.07. The summed E-state index contributed by atoms with van der Waals surface area (Å²) in [5.74, 6) is -2.73. The number of carbonyl (C=O) groups excluding carboxylic acids is 1. The highest BCUT2D eigenvalue weighted by Gasteiger charge is 2.27. The highest BCUT2D eigenvalue weighted by molar-refractivity contribution is 5.97. The van der Waals surface area contributed by atoms with Crippen molar-refractivity contribution in [2.24, 2.45) is 5.92 Å². The number of carboxylic acids is 1. The van der Waals surface area contributed by atoms with Gasteiger partial charge in [0.1, 0.15) is 17.1 Å². The highest BCUT2D eigenvalue weighted by atomic mass is 19.1. The lowest BCUT2D eigenvalue weighted by atomic mass is 10.1. The van der Waals surface area contributed by atoms with E-state index in [1.54, 1.807) is 6.08 Å². The first-order valence-electron chi connectivity index (χ1n) is 6.07. The normalized spacial score (nSPS) is 20.7. The SMILES string of the molecule is COc1cccc(F)c1C(=O)NC1C=CC(C(=O)O)C1. The van der Waals surface area contributed by atoms with Crippen molar-refractivity contribution in [1.82, 2.24) is 5.32 Å². The molecule has 6 heteroatoms. The molecule has 1 aromatic carbocycles. The molecule has 0 bridgehead atoms. The van der Waals surface area contributed by atoms with E-state index in [1.165, 1.54) is 31.4 Å². The van der Waals surface area contributed by atoms with E-state index < -0.39 is 29.7 Å². The second kappa shape index (κ2) is 5.73. The zero-order valence-electron chi connectivity index (χ0n) is 10.8. The monoisotopic (exact) mass is 279 g/mol. The van der Waals surface area contributed by atoms with Gasteiger partial charge in [0, 0.05) is 6.04 Å². The number of hydrogen-bond donors (Lipinski definition) is 2. The van der Waals surface area contributed by atoms with Crippen LogP contribution in [0.15, 0.2) is 30.4 Å². The summed E-state index contributed by atoms with van der Waals surface area (Å²) >= 11 is 0. The number of benzene rings is 1. The first kappa shape index (κ1) is 14.0. The van der Waals surface area contributed by atoms with Crippen molar-refractivity contribution in [3.8, 4) is 5.75 Å². The fourth-order valence-electron chi connectivity index (χ4n) is 2.12. The van der Waals surface area contributed by atoms with Crippen molar-refractivity contribution >= 4 is 11.9 Å². The molecule has 0 fully saturated rings. The summed E-state index contributed by atoms with van der Waals surface area (Å²) in [5.41, 5.74) is -0.179. The second-order valence-corrected chi connectivity index (χ2v) is 4.46. The smallest absolute Gasteiger partial charge is 0.310 e. The Hall–Kier alpha value is -2.37. The van der Waals surface area contributed by atoms with Gasteiger partial charge in [0.05, 0.1) is 13.0 Å². The van der Waals surface area contributed by atoms with Gasteiger partial charge < -0.3 is 15.2 Å². The summed E-state index contributed by atoms with van der Waals surface area (Å²) in [5, 5.41) is 11.5. The van der Waals surface area contributed by atoms with E-state index in [1.807, 2.05) is 0 Å². The van der Waals surface area contributed by atoms with Gasteiger partial charge in [-0.2, -0.15) is 0 Å². The third-order valence-corrected chi connectivity index (χ3v) is 3.14. The van der Waals surface area contributed by atoms with Gasteiger partial charge in [-0.3, -0.25) is 9.59 Å². The van der Waals surface area contributed by atoms with Crippen molar-refractivity contribution in [3.05, 3.63) is 41.7 Å². The molecule has 0 heterocycles. The van der Waals surface area contributed by atoms with Crippen LogP contribution in [0.3, 0.4) is 0 Å². The number of carbonyl (C=O) groups is 2. The Morgan fingerprint density at radius 3 is 2.75 bits per heavy atom. The minimum absolute atomic E-state index is 0.138. The van der Waals surface area contributed by atoms with E-state index in [0.29, 0.717) is 0 Å². The molecule has 0 spiro atoms. The molecule has 0 saturated heterocycles. The maximum absolute atomic E-state index is 13.7. The van der Waals surface area contributed by atoms with Gasteiger partial charge in [0.2, 0.25) is 0 Å². The van der Waals surface area contributed by atoms with Crippen molar-refractivity contribution in [2.75, 3.05) is 7.11 Å². The van der Waals surface area contributed by atoms with Crippen molar-refractivity contribution in [3.63, 3.8) is 0 Å². The molecule has 20 heavy (non-hydrogen) atoms. The third kappa shape index (κ3) is 2.79. The fourth-order valence-corrected chi connectivity index (χ4v) is 2.12. The van der Waals surface area contributed by atoms with Crippen LogP contribution in [0.25, 0.3) is 0 Å². The zero-order valence-corrected chi connectivity index (χ0v) is 10.8. The van der Waals surface area contributed by atoms with Gasteiger partial charge in [0.25, 0.3) is 5.91 Å². The minimum Gasteiger partial charge on any atom is -0.496 e. The number of ether oxygens (including phenoxy) is 1. The molecule has 1 aliphatic rings. The van der Waals surface area contributed by atoms with E-state index >= 15 is 0 Å². The number of hydrogen-bond acceptors (Lipinski definition) is 3. The molecule has 5 nitrogen and oxygen atoms in total. The van der Waals surface area contributed by atoms with Crippen LogP contribution in [-0.4, -0.2) is 30.1 Å². The average Bonchev–Trinajstić information content (AvgIpc) is 2.86. The minimum atomic E-state index is -0.943. The summed E-state index contributed by atoms with van der Waals surface area (Å²) in [6.45, 7) is 0. The van der Waals surface area contributed by atoms with Crippen LogP contribution in [0.2, 0.25) is 0 Å². The number of aliphatic carboxylic acids is 1. The van der Waals surface area contributed by atoms with Gasteiger partial charge in [-0.25, -0.2) is 4.39 Å². The molecular weight excluding hydrogens is 265 g/mol. The summed E-state index contributed by atoms with van der Waals surface area (Å²) in [6.07, 6.45) is 3.38. The maximum Gasteiger partial charge on any atom is 0.310 e. The van der Waals surface area contributed by atoms with Crippen LogP contribution in [0.1, 0.15) is 16.8 Å². The predicted molar refractivity (Wildman–Crippen MR) is 69.1 cm³/mol. The van der Waals surface area contributed by atoms with Crippen LogP contribution in [0.5, 0.6) is 5.75 Å². The second-order valence-electron chi connectivity index (χ2n) is 4.46. The lowest BCUT2D eigenvalue weighted by Gasteiger charge is -2.14. The van der Waals surface area contributed by atoms with Crippen LogP contribution in [0.4, 0.5) is 4.39 Å². The summed E-state index contributed by atoms with van der Waals surface area (Å²) in [7, 11) is 1.35. The Balaban J connectivity index is 2.11. The Labute approximate surface area is 115 Å². The Bertz CT molecular complexity index is 570. The molecule has 2 unspecified atom stereocenters. The predicted octanol–water partition coefficient (Wildman–Crippen LogP) is 1.59. The summed E-state index contributed by atoms with van der Waals surface area (Å²) in [6, 6.07) is 3.68. The van der Waals surface area contributed by atoms with E-state index in [-0.39, 0.29) is 17.7 Å². The van der Waals surface area contributed by atoms with E-state index in [2.05, 4.69) is 5.32 Å². The number of carboxylic acid groups (broad SMARTS) is 1. The highest BCUT2D eigenvalue weighted by Crippen LogP contribution is 2.23. The Morgan fingerprint density at radius 2 is 2.15 bits per heavy atom. The van der Waals surface area contributed by atoms with Gasteiger partial charge in [-0.05, 0) is 18.6 Å². The maximum atomic E-state index is 13.7. The molecule has 1 aromatic rings. The molecule has 106 valence electrons. The van der Waals surface area contributed by atoms with Gasteiger partial charge in [-0.15, -0.1) is 0 Å². The van der Waals surface area contributed by atoms with E-state index in [4.69, 9.17) is 9.84 Å².